The maximum absolute atomic E-state index is 13.3. The van der Waals surface area contributed by atoms with Crippen LogP contribution in [0.15, 0.2) is 0 Å². The molecule has 25 nitrogen and oxygen atoms in total. The Bertz CT molecular complexity index is 1520. The molecule has 17 N–H and O–H groups in total. The van der Waals surface area contributed by atoms with Gasteiger partial charge in [0.1, 0.15) is 36.3 Å². The number of nitrogens with one attached hydrogen (secondary N) is 7. The predicted molar refractivity (Wildman–Crippen MR) is 198 cm³/mol. The molecule has 0 aliphatic carbocycles. The standard InChI is InChI=1S/C33H56N10O15/c1-13(2)24(36)30(54)40-17(6-9-20(34)46)27(51)37-12-22(48)39-18(8-11-23(49)50)29(53)42-26(16(5)45)32(56)43-25(15(4)44)31(55)41-19(7-10-21(35)47)28(52)38-14(3)33(57)58/h13-19,24-26,44-45H,6-12,36H2,1-5H3,(H2,34,46)(H2,35,47)(H,37,51)(H,38,52)(H,39,48)(H,40,54)(H,41,55)(H,42,53)(H,43,56)(H,49,50)(H,57,58)/t14-,15+,16+,17-,18-,19-,24-,25-,26-/m0/s1. The van der Waals surface area contributed by atoms with E-state index >= 15 is 0 Å². The van der Waals surface area contributed by atoms with Crippen molar-refractivity contribution in [3.8, 4) is 0 Å². The molecule has 9 amide bonds. The highest BCUT2D eigenvalue weighted by molar-refractivity contribution is 5.97. The number of carbonyl (C=O) groups excluding carboxylic acids is 9. The molecule has 0 saturated carbocycles. The summed E-state index contributed by atoms with van der Waals surface area (Å²) in [5.74, 6) is -12.3. The van der Waals surface area contributed by atoms with Crippen LogP contribution in [0.4, 0.5) is 0 Å². The highest BCUT2D eigenvalue weighted by Gasteiger charge is 2.36. The molecule has 25 heteroatoms. The Balaban J connectivity index is 6.03. The van der Waals surface area contributed by atoms with Gasteiger partial charge in [-0.3, -0.25) is 52.7 Å². The number of aliphatic hydroxyl groups excluding tert-OH is 2. The Morgan fingerprint density at radius 1 is 0.517 bits per heavy atom. The van der Waals surface area contributed by atoms with Gasteiger partial charge in [0.15, 0.2) is 0 Å². The minimum Gasteiger partial charge on any atom is -0.481 e. The zero-order valence-electron chi connectivity index (χ0n) is 32.7. The molecule has 0 radical (unpaired) electrons. The number of rotatable bonds is 27. The molecular weight excluding hydrogens is 776 g/mol. The lowest BCUT2D eigenvalue weighted by atomic mass is 10.0. The summed E-state index contributed by atoms with van der Waals surface area (Å²) >= 11 is 0. The van der Waals surface area contributed by atoms with Crippen LogP contribution in [0.25, 0.3) is 0 Å². The predicted octanol–water partition coefficient (Wildman–Crippen LogP) is -6.74. The van der Waals surface area contributed by atoms with Gasteiger partial charge in [-0.15, -0.1) is 0 Å². The third kappa shape index (κ3) is 19.8. The monoisotopic (exact) mass is 832 g/mol. The third-order valence-electron chi connectivity index (χ3n) is 8.22. The van der Waals surface area contributed by atoms with E-state index in [1.54, 1.807) is 13.8 Å². The molecule has 0 rings (SSSR count). The average molecular weight is 833 g/mol. The first-order valence-corrected chi connectivity index (χ1v) is 18.0. The third-order valence-corrected chi connectivity index (χ3v) is 8.22. The summed E-state index contributed by atoms with van der Waals surface area (Å²) in [4.78, 5) is 136. The molecule has 58 heavy (non-hydrogen) atoms. The van der Waals surface area contributed by atoms with E-state index in [4.69, 9.17) is 22.3 Å². The van der Waals surface area contributed by atoms with Crippen LogP contribution in [-0.2, 0) is 52.7 Å². The number of carboxylic acids is 2. The summed E-state index contributed by atoms with van der Waals surface area (Å²) in [6, 6.07) is -10.9. The summed E-state index contributed by atoms with van der Waals surface area (Å²) < 4.78 is 0. The van der Waals surface area contributed by atoms with Gasteiger partial charge in [0.2, 0.25) is 53.2 Å². The molecule has 9 atom stereocenters. The number of amides is 9. The van der Waals surface area contributed by atoms with Gasteiger partial charge in [0.05, 0.1) is 24.8 Å². The van der Waals surface area contributed by atoms with Crippen molar-refractivity contribution < 1.29 is 73.2 Å². The second-order valence-corrected chi connectivity index (χ2v) is 13.7. The van der Waals surface area contributed by atoms with Crippen molar-refractivity contribution in [3.05, 3.63) is 0 Å². The van der Waals surface area contributed by atoms with Gasteiger partial charge < -0.3 is 74.8 Å². The number of carboxylic acid groups (broad SMARTS) is 2. The molecule has 0 bridgehead atoms. The molecular formula is C33H56N10O15. The number of hydrogen-bond acceptors (Lipinski definition) is 14. The molecule has 0 aliphatic rings. The van der Waals surface area contributed by atoms with E-state index in [2.05, 4.69) is 37.2 Å². The van der Waals surface area contributed by atoms with Gasteiger partial charge in [-0.2, -0.15) is 0 Å². The van der Waals surface area contributed by atoms with Gasteiger partial charge in [0.25, 0.3) is 0 Å². The molecule has 0 fully saturated rings. The van der Waals surface area contributed by atoms with Crippen molar-refractivity contribution >= 4 is 65.1 Å². The summed E-state index contributed by atoms with van der Waals surface area (Å²) in [7, 11) is 0. The fraction of sp³-hybridized carbons (Fsp3) is 0.667. The molecule has 0 aromatic heterocycles. The zero-order valence-corrected chi connectivity index (χ0v) is 32.7. The van der Waals surface area contributed by atoms with Gasteiger partial charge in [0, 0.05) is 19.3 Å². The van der Waals surface area contributed by atoms with Crippen LogP contribution in [-0.4, -0.2) is 147 Å². The molecule has 0 heterocycles. The molecule has 328 valence electrons. The highest BCUT2D eigenvalue weighted by Crippen LogP contribution is 2.06. The quantitative estimate of drug-likeness (QED) is 0.0366. The van der Waals surface area contributed by atoms with Gasteiger partial charge in [-0.05, 0) is 46.0 Å². The van der Waals surface area contributed by atoms with Crippen LogP contribution in [0.1, 0.15) is 73.1 Å². The summed E-state index contributed by atoms with van der Waals surface area (Å²) in [6.45, 7) is 5.67. The second-order valence-electron chi connectivity index (χ2n) is 13.7. The number of nitrogens with two attached hydrogens (primary N) is 3. The minimum atomic E-state index is -1.93. The average Bonchev–Trinajstić information content (AvgIpc) is 3.11. The Labute approximate surface area is 332 Å². The maximum atomic E-state index is 13.3. The zero-order chi connectivity index (χ0) is 45.0. The number of hydrogen-bond donors (Lipinski definition) is 14. The number of aliphatic carboxylic acids is 2. The minimum absolute atomic E-state index is 0.263. The maximum Gasteiger partial charge on any atom is 0.325 e. The van der Waals surface area contributed by atoms with Crippen LogP contribution in [0, 0.1) is 5.92 Å². The number of aliphatic hydroxyl groups is 2. The first kappa shape index (κ1) is 52.0. The lowest BCUT2D eigenvalue weighted by Gasteiger charge is -2.28. The molecule has 0 saturated heterocycles. The van der Waals surface area contributed by atoms with Crippen LogP contribution < -0.4 is 54.4 Å². The van der Waals surface area contributed by atoms with Crippen LogP contribution >= 0.6 is 0 Å². The van der Waals surface area contributed by atoms with E-state index in [9.17, 15) is 68.1 Å². The topological polar surface area (TPSA) is 431 Å². The summed E-state index contributed by atoms with van der Waals surface area (Å²) in [5, 5.41) is 54.3. The largest absolute Gasteiger partial charge is 0.481 e. The van der Waals surface area contributed by atoms with Crippen LogP contribution in [0.2, 0.25) is 0 Å². The molecule has 0 aliphatic heterocycles. The first-order chi connectivity index (χ1) is 26.8. The van der Waals surface area contributed by atoms with Gasteiger partial charge in [-0.1, -0.05) is 13.8 Å². The van der Waals surface area contributed by atoms with E-state index in [0.29, 0.717) is 0 Å². The Morgan fingerprint density at radius 2 is 0.914 bits per heavy atom. The first-order valence-electron chi connectivity index (χ1n) is 18.0. The molecule has 0 spiro atoms. The van der Waals surface area contributed by atoms with E-state index in [1.165, 1.54) is 0 Å². The SMILES string of the molecule is CC(C)[C@H](N)C(=O)N[C@@H](CCC(N)=O)C(=O)NCC(=O)N[C@@H](CCC(=O)O)C(=O)N[C@H](C(=O)N[C@H](C(=O)N[C@@H](CCC(N)=O)C(=O)N[C@@H](C)C(=O)O)[C@@H](C)O)[C@@H](C)O. The Morgan fingerprint density at radius 3 is 1.34 bits per heavy atom. The van der Waals surface area contributed by atoms with E-state index in [0.717, 1.165) is 20.8 Å². The Kier molecular flexibility index (Phi) is 22.7. The van der Waals surface area contributed by atoms with Crippen molar-refractivity contribution in [1.82, 2.24) is 37.2 Å². The fourth-order valence-corrected chi connectivity index (χ4v) is 4.70. The van der Waals surface area contributed by atoms with Gasteiger partial charge in [-0.25, -0.2) is 0 Å². The van der Waals surface area contributed by atoms with Crippen molar-refractivity contribution in [1.29, 1.82) is 0 Å². The van der Waals surface area contributed by atoms with Crippen molar-refractivity contribution in [2.45, 2.75) is 128 Å². The van der Waals surface area contributed by atoms with Crippen molar-refractivity contribution in [3.63, 3.8) is 0 Å². The number of carbonyl (C=O) groups is 11. The lowest BCUT2D eigenvalue weighted by molar-refractivity contribution is -0.142. The summed E-state index contributed by atoms with van der Waals surface area (Å²) in [5.41, 5.74) is 16.1. The highest BCUT2D eigenvalue weighted by atomic mass is 16.4. The van der Waals surface area contributed by atoms with Crippen molar-refractivity contribution in [2.24, 2.45) is 23.1 Å². The Hall–Kier alpha value is -5.95. The molecule has 0 aromatic rings. The second kappa shape index (κ2) is 25.3. The van der Waals surface area contributed by atoms with Crippen molar-refractivity contribution in [2.75, 3.05) is 6.54 Å². The molecule has 0 unspecified atom stereocenters. The van der Waals surface area contributed by atoms with Gasteiger partial charge >= 0.3 is 11.9 Å². The normalized spacial score (nSPS) is 15.6. The number of primary amides is 2. The molecule has 0 aromatic carbocycles. The van der Waals surface area contributed by atoms with E-state index < -0.39 is 152 Å². The summed E-state index contributed by atoms with van der Waals surface area (Å²) in [6.07, 6.45) is -6.18. The van der Waals surface area contributed by atoms with E-state index in [-0.39, 0.29) is 18.8 Å². The van der Waals surface area contributed by atoms with E-state index in [1.807, 2.05) is 0 Å². The van der Waals surface area contributed by atoms with Crippen LogP contribution in [0.3, 0.4) is 0 Å². The fourth-order valence-electron chi connectivity index (χ4n) is 4.70. The van der Waals surface area contributed by atoms with Crippen LogP contribution in [0.5, 0.6) is 0 Å². The lowest BCUT2D eigenvalue weighted by Crippen LogP contribution is -2.63. The smallest absolute Gasteiger partial charge is 0.325 e.